The Hall–Kier alpha value is -2.36. The van der Waals surface area contributed by atoms with Crippen molar-refractivity contribution in [2.75, 3.05) is 6.61 Å². The predicted octanol–water partition coefficient (Wildman–Crippen LogP) is 2.77. The molecule has 1 atom stereocenters. The summed E-state index contributed by atoms with van der Waals surface area (Å²) in [7, 11) is 0. The maximum Gasteiger partial charge on any atom is 0.315 e. The summed E-state index contributed by atoms with van der Waals surface area (Å²) in [5.74, 6) is -0.457. The quantitative estimate of drug-likeness (QED) is 0.640. The van der Waals surface area contributed by atoms with Gasteiger partial charge in [0.25, 0.3) is 0 Å². The van der Waals surface area contributed by atoms with Gasteiger partial charge in [-0.05, 0) is 25.5 Å². The van der Waals surface area contributed by atoms with Crippen molar-refractivity contribution in [1.82, 2.24) is 4.57 Å². The van der Waals surface area contributed by atoms with Gasteiger partial charge < -0.3 is 9.30 Å². The molecule has 4 heteroatoms. The fraction of sp³-hybridized carbons (Fsp3) is 0.294. The number of benzene rings is 1. The molecule has 0 saturated carbocycles. The van der Waals surface area contributed by atoms with Crippen molar-refractivity contribution in [3.05, 3.63) is 59.4 Å². The summed E-state index contributed by atoms with van der Waals surface area (Å²) in [5.41, 5.74) is 2.19. The molecular weight excluding hydrogens is 266 g/mol. The van der Waals surface area contributed by atoms with E-state index in [2.05, 4.69) is 0 Å². The Morgan fingerprint density at radius 1 is 1.19 bits per heavy atom. The van der Waals surface area contributed by atoms with Crippen LogP contribution in [0.3, 0.4) is 0 Å². The van der Waals surface area contributed by atoms with Gasteiger partial charge in [0.1, 0.15) is 0 Å². The second-order valence-electron chi connectivity index (χ2n) is 5.08. The molecule has 1 aliphatic heterocycles. The molecule has 4 nitrogen and oxygen atoms in total. The molecule has 0 unspecified atom stereocenters. The number of hydrogen-bond donors (Lipinski definition) is 0. The van der Waals surface area contributed by atoms with Crippen LogP contribution in [0.1, 0.15) is 41.0 Å². The fourth-order valence-electron chi connectivity index (χ4n) is 2.86. The van der Waals surface area contributed by atoms with Crippen molar-refractivity contribution in [3.8, 4) is 0 Å². The topological polar surface area (TPSA) is 48.3 Å². The minimum atomic E-state index is -0.248. The lowest BCUT2D eigenvalue weighted by atomic mass is 10.1. The smallest absolute Gasteiger partial charge is 0.315 e. The molecule has 2 heterocycles. The Kier molecular flexibility index (Phi) is 3.60. The van der Waals surface area contributed by atoms with E-state index in [9.17, 15) is 9.59 Å². The van der Waals surface area contributed by atoms with Crippen LogP contribution in [0.25, 0.3) is 0 Å². The minimum absolute atomic E-state index is 0.00800. The highest BCUT2D eigenvalue weighted by atomic mass is 16.5. The van der Waals surface area contributed by atoms with Crippen LogP contribution in [-0.4, -0.2) is 22.9 Å². The second kappa shape index (κ2) is 5.56. The Labute approximate surface area is 123 Å². The van der Waals surface area contributed by atoms with E-state index in [1.165, 1.54) is 0 Å². The van der Waals surface area contributed by atoms with Crippen molar-refractivity contribution in [2.24, 2.45) is 0 Å². The maximum atomic E-state index is 12.5. The monoisotopic (exact) mass is 283 g/mol. The van der Waals surface area contributed by atoms with Gasteiger partial charge in [-0.1, -0.05) is 30.3 Å². The summed E-state index contributed by atoms with van der Waals surface area (Å²) in [6.07, 6.45) is 0.698. The number of fused-ring (bicyclic) bond motifs is 1. The normalized spacial score (nSPS) is 16.5. The van der Waals surface area contributed by atoms with Crippen LogP contribution < -0.4 is 0 Å². The highest BCUT2D eigenvalue weighted by molar-refractivity contribution is 6.08. The highest BCUT2D eigenvalue weighted by Gasteiger charge is 2.32. The molecule has 0 radical (unpaired) electrons. The summed E-state index contributed by atoms with van der Waals surface area (Å²) in [6.45, 7) is 2.86. The van der Waals surface area contributed by atoms with Crippen LogP contribution in [-0.2, 0) is 16.1 Å². The zero-order valence-electron chi connectivity index (χ0n) is 11.9. The average Bonchev–Trinajstić information content (AvgIpc) is 3.09. The van der Waals surface area contributed by atoms with Gasteiger partial charge in [0.05, 0.1) is 18.2 Å². The first-order valence-electron chi connectivity index (χ1n) is 7.18. The van der Waals surface area contributed by atoms with E-state index in [1.807, 2.05) is 28.8 Å². The molecule has 21 heavy (non-hydrogen) atoms. The van der Waals surface area contributed by atoms with Gasteiger partial charge in [-0.25, -0.2) is 0 Å². The standard InChI is InChI=1S/C17H17NO3/c1-2-21-17(20)13-10-11-18-14(13)8-9-15(18)16(19)12-6-4-3-5-7-12/h3-9,13H,2,10-11H2,1H3/t13-/m0/s1. The summed E-state index contributed by atoms with van der Waals surface area (Å²) >= 11 is 0. The molecule has 0 N–H and O–H groups in total. The third-order valence-corrected chi connectivity index (χ3v) is 3.85. The van der Waals surface area contributed by atoms with Crippen molar-refractivity contribution < 1.29 is 14.3 Å². The molecule has 0 amide bonds. The van der Waals surface area contributed by atoms with Crippen molar-refractivity contribution >= 4 is 11.8 Å². The van der Waals surface area contributed by atoms with Gasteiger partial charge in [-0.3, -0.25) is 9.59 Å². The first-order valence-corrected chi connectivity index (χ1v) is 7.18. The minimum Gasteiger partial charge on any atom is -0.465 e. The van der Waals surface area contributed by atoms with Crippen LogP contribution in [0, 0.1) is 0 Å². The lowest BCUT2D eigenvalue weighted by Gasteiger charge is -2.08. The number of ether oxygens (including phenoxy) is 1. The fourth-order valence-corrected chi connectivity index (χ4v) is 2.86. The van der Waals surface area contributed by atoms with E-state index < -0.39 is 0 Å². The van der Waals surface area contributed by atoms with Crippen molar-refractivity contribution in [2.45, 2.75) is 25.8 Å². The molecule has 2 aromatic rings. The third kappa shape index (κ3) is 2.37. The number of carbonyl (C=O) groups is 2. The molecule has 108 valence electrons. The number of ketones is 1. The van der Waals surface area contributed by atoms with Gasteiger partial charge >= 0.3 is 5.97 Å². The van der Waals surface area contributed by atoms with E-state index in [0.29, 0.717) is 30.8 Å². The van der Waals surface area contributed by atoms with E-state index in [0.717, 1.165) is 5.69 Å². The second-order valence-corrected chi connectivity index (χ2v) is 5.08. The SMILES string of the molecule is CCOC(=O)[C@H]1CCn2c(C(=O)c3ccccc3)ccc21. The number of hydrogen-bond acceptors (Lipinski definition) is 3. The van der Waals surface area contributed by atoms with Gasteiger partial charge in [0.2, 0.25) is 5.78 Å². The van der Waals surface area contributed by atoms with Crippen LogP contribution in [0.5, 0.6) is 0 Å². The van der Waals surface area contributed by atoms with E-state index in [1.54, 1.807) is 25.1 Å². The van der Waals surface area contributed by atoms with E-state index in [4.69, 9.17) is 4.74 Å². The summed E-state index contributed by atoms with van der Waals surface area (Å²) < 4.78 is 7.04. The Bertz CT molecular complexity index is 673. The average molecular weight is 283 g/mol. The first-order chi connectivity index (χ1) is 10.2. The molecule has 0 spiro atoms. The van der Waals surface area contributed by atoms with Gasteiger partial charge in [0, 0.05) is 17.8 Å². The molecule has 1 aromatic heterocycles. The zero-order chi connectivity index (χ0) is 14.8. The number of esters is 1. The highest BCUT2D eigenvalue weighted by Crippen LogP contribution is 2.32. The van der Waals surface area contributed by atoms with Crippen LogP contribution in [0.15, 0.2) is 42.5 Å². The number of carbonyl (C=O) groups excluding carboxylic acids is 2. The Morgan fingerprint density at radius 2 is 1.95 bits per heavy atom. The molecule has 1 aliphatic rings. The third-order valence-electron chi connectivity index (χ3n) is 3.85. The lowest BCUT2D eigenvalue weighted by molar-refractivity contribution is -0.144. The number of aromatic nitrogens is 1. The van der Waals surface area contributed by atoms with Crippen LogP contribution >= 0.6 is 0 Å². The number of nitrogens with zero attached hydrogens (tertiary/aromatic N) is 1. The lowest BCUT2D eigenvalue weighted by Crippen LogP contribution is -2.13. The molecule has 0 saturated heterocycles. The van der Waals surface area contributed by atoms with Crippen LogP contribution in [0.2, 0.25) is 0 Å². The molecule has 0 bridgehead atoms. The summed E-state index contributed by atoms with van der Waals surface area (Å²) in [5, 5.41) is 0. The number of rotatable bonds is 4. The first kappa shape index (κ1) is 13.6. The summed E-state index contributed by atoms with van der Waals surface area (Å²) in [6, 6.07) is 12.9. The summed E-state index contributed by atoms with van der Waals surface area (Å²) in [4.78, 5) is 24.5. The molecule has 1 aromatic carbocycles. The van der Waals surface area contributed by atoms with E-state index in [-0.39, 0.29) is 17.7 Å². The van der Waals surface area contributed by atoms with Crippen LogP contribution in [0.4, 0.5) is 0 Å². The molecular formula is C17H17NO3. The Balaban J connectivity index is 1.90. The largest absolute Gasteiger partial charge is 0.465 e. The van der Waals surface area contributed by atoms with Crippen molar-refractivity contribution in [1.29, 1.82) is 0 Å². The molecule has 0 fully saturated rings. The molecule has 0 aliphatic carbocycles. The Morgan fingerprint density at radius 3 is 2.67 bits per heavy atom. The molecule has 3 rings (SSSR count). The van der Waals surface area contributed by atoms with Crippen molar-refractivity contribution in [3.63, 3.8) is 0 Å². The van der Waals surface area contributed by atoms with Gasteiger partial charge in [0.15, 0.2) is 0 Å². The van der Waals surface area contributed by atoms with Gasteiger partial charge in [-0.15, -0.1) is 0 Å². The predicted molar refractivity (Wildman–Crippen MR) is 78.3 cm³/mol. The zero-order valence-corrected chi connectivity index (χ0v) is 11.9. The maximum absolute atomic E-state index is 12.5. The van der Waals surface area contributed by atoms with Gasteiger partial charge in [-0.2, -0.15) is 0 Å². The van der Waals surface area contributed by atoms with E-state index >= 15 is 0 Å².